The number of hydrogen-bond acceptors (Lipinski definition) is 5. The number of benzene rings is 2. The average molecular weight is 499 g/mol. The number of hydrogen-bond donors (Lipinski definition) is 1. The predicted octanol–water partition coefficient (Wildman–Crippen LogP) is 3.25. The second kappa shape index (κ2) is 9.16. The SMILES string of the molecule is O=c1c(Cl)c(N2CCC(NS(=O)(=O)c3ccc(F)cc3)CC2)cnn1-c1ccc(F)cc1F. The number of piperidine rings is 1. The molecule has 2 aromatic carbocycles. The molecule has 0 amide bonds. The van der Waals surface area contributed by atoms with Crippen molar-refractivity contribution in [1.82, 2.24) is 14.5 Å². The molecule has 0 unspecified atom stereocenters. The first kappa shape index (κ1) is 23.3. The Morgan fingerprint density at radius 1 is 0.970 bits per heavy atom. The van der Waals surface area contributed by atoms with E-state index >= 15 is 0 Å². The van der Waals surface area contributed by atoms with Crippen LogP contribution in [0, 0.1) is 17.5 Å². The highest BCUT2D eigenvalue weighted by molar-refractivity contribution is 7.89. The van der Waals surface area contributed by atoms with Gasteiger partial charge in [-0.2, -0.15) is 9.78 Å². The van der Waals surface area contributed by atoms with Crippen molar-refractivity contribution in [3.05, 3.63) is 81.5 Å². The summed E-state index contributed by atoms with van der Waals surface area (Å²) >= 11 is 6.25. The minimum absolute atomic E-state index is 0.0322. The summed E-state index contributed by atoms with van der Waals surface area (Å²) in [4.78, 5) is 14.4. The third-order valence-electron chi connectivity index (χ3n) is 5.32. The molecule has 0 bridgehead atoms. The predicted molar refractivity (Wildman–Crippen MR) is 117 cm³/mol. The summed E-state index contributed by atoms with van der Waals surface area (Å²) in [5, 5.41) is 3.79. The Balaban J connectivity index is 1.47. The van der Waals surface area contributed by atoms with Crippen LogP contribution in [0.5, 0.6) is 0 Å². The molecule has 174 valence electrons. The van der Waals surface area contributed by atoms with Crippen molar-refractivity contribution in [2.75, 3.05) is 18.0 Å². The zero-order valence-electron chi connectivity index (χ0n) is 17.0. The van der Waals surface area contributed by atoms with Gasteiger partial charge in [-0.3, -0.25) is 4.79 Å². The third-order valence-corrected chi connectivity index (χ3v) is 7.21. The maximum Gasteiger partial charge on any atom is 0.292 e. The molecule has 0 saturated carbocycles. The molecule has 1 N–H and O–H groups in total. The summed E-state index contributed by atoms with van der Waals surface area (Å²) in [5.41, 5.74) is -0.664. The highest BCUT2D eigenvalue weighted by atomic mass is 35.5. The van der Waals surface area contributed by atoms with E-state index in [0.717, 1.165) is 28.9 Å². The molecule has 7 nitrogen and oxygen atoms in total. The van der Waals surface area contributed by atoms with E-state index in [0.29, 0.717) is 37.7 Å². The van der Waals surface area contributed by atoms with Crippen molar-refractivity contribution in [3.8, 4) is 5.69 Å². The molecule has 1 aliphatic rings. The van der Waals surface area contributed by atoms with Crippen LogP contribution < -0.4 is 15.2 Å². The highest BCUT2D eigenvalue weighted by Crippen LogP contribution is 2.26. The van der Waals surface area contributed by atoms with Gasteiger partial charge in [-0.25, -0.2) is 26.3 Å². The van der Waals surface area contributed by atoms with Crippen LogP contribution in [0.1, 0.15) is 12.8 Å². The Labute approximate surface area is 192 Å². The first-order valence-corrected chi connectivity index (χ1v) is 11.8. The minimum atomic E-state index is -3.81. The van der Waals surface area contributed by atoms with Crippen LogP contribution in [0.15, 0.2) is 58.4 Å². The molecule has 12 heteroatoms. The Kier molecular flexibility index (Phi) is 6.46. The van der Waals surface area contributed by atoms with Gasteiger partial charge < -0.3 is 4.90 Å². The van der Waals surface area contributed by atoms with E-state index in [1.807, 2.05) is 0 Å². The van der Waals surface area contributed by atoms with Gasteiger partial charge >= 0.3 is 0 Å². The van der Waals surface area contributed by atoms with Gasteiger partial charge in [0, 0.05) is 25.2 Å². The van der Waals surface area contributed by atoms with Crippen LogP contribution in [0.2, 0.25) is 5.02 Å². The number of sulfonamides is 1. The molecular formula is C21H18ClF3N4O3S. The minimum Gasteiger partial charge on any atom is -0.369 e. The quantitative estimate of drug-likeness (QED) is 0.584. The Hall–Kier alpha value is -2.89. The normalized spacial score (nSPS) is 15.1. The number of nitrogens with zero attached hydrogens (tertiary/aromatic N) is 3. The maximum atomic E-state index is 14.1. The molecule has 3 aromatic rings. The van der Waals surface area contributed by atoms with E-state index in [9.17, 15) is 26.4 Å². The second-order valence-electron chi connectivity index (χ2n) is 7.49. The summed E-state index contributed by atoms with van der Waals surface area (Å²) in [5.74, 6) is -2.27. The third kappa shape index (κ3) is 4.90. The van der Waals surface area contributed by atoms with Crippen LogP contribution in [0.3, 0.4) is 0 Å². The molecule has 0 atom stereocenters. The van der Waals surface area contributed by atoms with Gasteiger partial charge in [0.15, 0.2) is 5.82 Å². The highest BCUT2D eigenvalue weighted by Gasteiger charge is 2.27. The number of halogens is 4. The van der Waals surface area contributed by atoms with Crippen molar-refractivity contribution in [2.24, 2.45) is 0 Å². The van der Waals surface area contributed by atoms with E-state index < -0.39 is 33.0 Å². The van der Waals surface area contributed by atoms with Crippen LogP contribution in [0.4, 0.5) is 18.9 Å². The number of aromatic nitrogens is 2. The lowest BCUT2D eigenvalue weighted by atomic mass is 10.1. The van der Waals surface area contributed by atoms with Gasteiger partial charge in [-0.05, 0) is 49.2 Å². The number of nitrogens with one attached hydrogen (secondary N) is 1. The molecule has 0 radical (unpaired) electrons. The first-order chi connectivity index (χ1) is 15.7. The van der Waals surface area contributed by atoms with Gasteiger partial charge in [0.25, 0.3) is 5.56 Å². The van der Waals surface area contributed by atoms with E-state index in [2.05, 4.69) is 9.82 Å². The lowest BCUT2D eigenvalue weighted by Gasteiger charge is -2.34. The second-order valence-corrected chi connectivity index (χ2v) is 9.58. The summed E-state index contributed by atoms with van der Waals surface area (Å²) in [6.07, 6.45) is 2.16. The summed E-state index contributed by atoms with van der Waals surface area (Å²) in [6.45, 7) is 0.763. The summed E-state index contributed by atoms with van der Waals surface area (Å²) < 4.78 is 68.6. The molecule has 1 saturated heterocycles. The standard InChI is InChI=1S/C21H18ClF3N4O3S/c22-20-19(12-26-29(21(20)30)18-6-3-14(24)11-17(18)25)28-9-7-15(8-10-28)27-33(31,32)16-4-1-13(23)2-5-16/h1-6,11-12,15,27H,7-10H2. The molecule has 33 heavy (non-hydrogen) atoms. The Morgan fingerprint density at radius 3 is 2.24 bits per heavy atom. The molecular weight excluding hydrogens is 481 g/mol. The van der Waals surface area contributed by atoms with E-state index in [1.165, 1.54) is 18.3 Å². The lowest BCUT2D eigenvalue weighted by molar-refractivity contribution is 0.459. The maximum absolute atomic E-state index is 14.1. The van der Waals surface area contributed by atoms with E-state index in [4.69, 9.17) is 11.6 Å². The summed E-state index contributed by atoms with van der Waals surface area (Å²) in [7, 11) is -3.81. The lowest BCUT2D eigenvalue weighted by Crippen LogP contribution is -2.45. The van der Waals surface area contributed by atoms with Crippen molar-refractivity contribution in [3.63, 3.8) is 0 Å². The first-order valence-electron chi connectivity index (χ1n) is 9.92. The van der Waals surface area contributed by atoms with E-state index in [1.54, 1.807) is 4.90 Å². The molecule has 1 aromatic heterocycles. The van der Waals surface area contributed by atoms with Crippen molar-refractivity contribution in [2.45, 2.75) is 23.8 Å². The molecule has 0 aliphatic carbocycles. The smallest absolute Gasteiger partial charge is 0.292 e. The topological polar surface area (TPSA) is 84.3 Å². The van der Waals surface area contributed by atoms with Gasteiger partial charge in [-0.15, -0.1) is 0 Å². The van der Waals surface area contributed by atoms with Gasteiger partial charge in [0.2, 0.25) is 10.0 Å². The fourth-order valence-corrected chi connectivity index (χ4v) is 5.16. The van der Waals surface area contributed by atoms with E-state index in [-0.39, 0.29) is 21.6 Å². The molecule has 1 fully saturated rings. The van der Waals surface area contributed by atoms with Gasteiger partial charge in [-0.1, -0.05) is 11.6 Å². The fourth-order valence-electron chi connectivity index (χ4n) is 3.61. The summed E-state index contributed by atoms with van der Waals surface area (Å²) in [6, 6.07) is 6.91. The van der Waals surface area contributed by atoms with Gasteiger partial charge in [0.05, 0.1) is 16.8 Å². The molecule has 2 heterocycles. The van der Waals surface area contributed by atoms with Crippen molar-refractivity contribution < 1.29 is 21.6 Å². The van der Waals surface area contributed by atoms with Crippen molar-refractivity contribution >= 4 is 27.3 Å². The van der Waals surface area contributed by atoms with Crippen LogP contribution in [-0.2, 0) is 10.0 Å². The number of anilines is 1. The molecule has 4 rings (SSSR count). The van der Waals surface area contributed by atoms with Crippen LogP contribution >= 0.6 is 11.6 Å². The van der Waals surface area contributed by atoms with Crippen molar-refractivity contribution in [1.29, 1.82) is 0 Å². The molecule has 0 spiro atoms. The monoisotopic (exact) mass is 498 g/mol. The zero-order valence-corrected chi connectivity index (χ0v) is 18.6. The Bertz CT molecular complexity index is 1340. The van der Waals surface area contributed by atoms with Gasteiger partial charge in [0.1, 0.15) is 22.3 Å². The van der Waals surface area contributed by atoms with Crippen LogP contribution in [-0.4, -0.2) is 37.3 Å². The number of rotatable bonds is 5. The van der Waals surface area contributed by atoms with Crippen LogP contribution in [0.25, 0.3) is 5.69 Å². The average Bonchev–Trinajstić information content (AvgIpc) is 2.77. The largest absolute Gasteiger partial charge is 0.369 e. The fraction of sp³-hybridized carbons (Fsp3) is 0.238. The molecule has 1 aliphatic heterocycles. The zero-order chi connectivity index (χ0) is 23.8. The Morgan fingerprint density at radius 2 is 1.61 bits per heavy atom.